The molecule has 2 aliphatic rings. The number of benzene rings is 1. The van der Waals surface area contributed by atoms with Crippen molar-refractivity contribution in [1.82, 2.24) is 4.90 Å². The van der Waals surface area contributed by atoms with Crippen molar-refractivity contribution in [1.29, 1.82) is 0 Å². The number of hydrogen-bond acceptors (Lipinski definition) is 5. The Kier molecular flexibility index (Phi) is 3.64. The summed E-state index contributed by atoms with van der Waals surface area (Å²) in [4.78, 5) is 25.0. The fourth-order valence-corrected chi connectivity index (χ4v) is 3.87. The molecular formula is C16H20N2O4. The maximum Gasteiger partial charge on any atom is 0.339 e. The first-order valence-corrected chi connectivity index (χ1v) is 7.60. The molecule has 0 bridgehead atoms. The van der Waals surface area contributed by atoms with E-state index in [4.69, 9.17) is 4.74 Å². The van der Waals surface area contributed by atoms with Crippen molar-refractivity contribution >= 4 is 11.7 Å². The number of non-ortho nitro benzene ring substituents is 1. The summed E-state index contributed by atoms with van der Waals surface area (Å²) in [6.07, 6.45) is 4.66. The highest BCUT2D eigenvalue weighted by atomic mass is 16.6. The van der Waals surface area contributed by atoms with Crippen molar-refractivity contribution in [2.45, 2.75) is 43.7 Å². The first-order valence-electron chi connectivity index (χ1n) is 7.60. The van der Waals surface area contributed by atoms with E-state index in [1.54, 1.807) is 6.07 Å². The third-order valence-corrected chi connectivity index (χ3v) is 4.87. The molecule has 1 aliphatic carbocycles. The average molecular weight is 304 g/mol. The van der Waals surface area contributed by atoms with Crippen molar-refractivity contribution in [3.63, 3.8) is 0 Å². The summed E-state index contributed by atoms with van der Waals surface area (Å²) in [6.45, 7) is 0. The van der Waals surface area contributed by atoms with Crippen LogP contribution in [0, 0.1) is 10.1 Å². The molecule has 1 heterocycles. The Hall–Kier alpha value is -1.95. The average Bonchev–Trinajstić information content (AvgIpc) is 2.46. The van der Waals surface area contributed by atoms with Gasteiger partial charge in [0.05, 0.1) is 10.5 Å². The van der Waals surface area contributed by atoms with Gasteiger partial charge in [0.1, 0.15) is 5.60 Å². The summed E-state index contributed by atoms with van der Waals surface area (Å²) in [5.41, 5.74) is 0.625. The van der Waals surface area contributed by atoms with E-state index in [1.165, 1.54) is 12.1 Å². The smallest absolute Gasteiger partial charge is 0.339 e. The number of esters is 1. The van der Waals surface area contributed by atoms with Crippen molar-refractivity contribution in [3.05, 3.63) is 39.4 Å². The van der Waals surface area contributed by atoms with E-state index in [0.29, 0.717) is 12.0 Å². The van der Waals surface area contributed by atoms with Crippen molar-refractivity contribution in [3.8, 4) is 0 Å². The minimum Gasteiger partial charge on any atom is -0.453 e. The Labute approximate surface area is 129 Å². The number of likely N-dealkylation sites (N-methyl/N-ethyl adjacent to an activating group) is 1. The van der Waals surface area contributed by atoms with Crippen LogP contribution in [-0.2, 0) is 11.2 Å². The fourth-order valence-electron chi connectivity index (χ4n) is 3.87. The molecule has 0 aromatic heterocycles. The lowest BCUT2D eigenvalue weighted by molar-refractivity contribution is -0.384. The standard InChI is InChI=1S/C16H20N2O4/c1-17(2)14-5-3-4-8-16(14)10-11-6-7-12(18(20)21)9-13(11)15(19)22-16/h6-7,9,14H,3-5,8,10H2,1-2H3. The lowest BCUT2D eigenvalue weighted by atomic mass is 9.74. The molecule has 2 atom stereocenters. The maximum atomic E-state index is 12.4. The van der Waals surface area contributed by atoms with Crippen molar-refractivity contribution < 1.29 is 14.5 Å². The topological polar surface area (TPSA) is 72.7 Å². The van der Waals surface area contributed by atoms with Crippen molar-refractivity contribution in [2.24, 2.45) is 0 Å². The van der Waals surface area contributed by atoms with Crippen LogP contribution in [0.5, 0.6) is 0 Å². The minimum atomic E-state index is -0.498. The predicted octanol–water partition coefficient (Wildman–Crippen LogP) is 2.55. The van der Waals surface area contributed by atoms with E-state index < -0.39 is 16.5 Å². The largest absolute Gasteiger partial charge is 0.453 e. The van der Waals surface area contributed by atoms with Crippen LogP contribution in [0.4, 0.5) is 5.69 Å². The Morgan fingerprint density at radius 2 is 2.14 bits per heavy atom. The molecular weight excluding hydrogens is 284 g/mol. The Morgan fingerprint density at radius 1 is 1.36 bits per heavy atom. The normalized spacial score (nSPS) is 27.6. The maximum absolute atomic E-state index is 12.4. The van der Waals surface area contributed by atoms with Crippen LogP contribution in [-0.4, -0.2) is 41.5 Å². The van der Waals surface area contributed by atoms with Crippen molar-refractivity contribution in [2.75, 3.05) is 14.1 Å². The molecule has 1 fully saturated rings. The minimum absolute atomic E-state index is 0.0700. The molecule has 3 rings (SSSR count). The molecule has 1 aromatic carbocycles. The van der Waals surface area contributed by atoms with Crippen LogP contribution < -0.4 is 0 Å². The zero-order valence-electron chi connectivity index (χ0n) is 12.9. The molecule has 0 saturated heterocycles. The molecule has 118 valence electrons. The molecule has 1 spiro atoms. The van der Waals surface area contributed by atoms with Gasteiger partial charge in [-0.05, 0) is 38.9 Å². The summed E-state index contributed by atoms with van der Waals surface area (Å²) in [5, 5.41) is 10.9. The van der Waals surface area contributed by atoms with E-state index in [9.17, 15) is 14.9 Å². The molecule has 0 N–H and O–H groups in total. The van der Waals surface area contributed by atoms with Gasteiger partial charge in [-0.25, -0.2) is 4.79 Å². The number of nitro groups is 1. The van der Waals surface area contributed by atoms with Gasteiger partial charge in [-0.3, -0.25) is 10.1 Å². The monoisotopic (exact) mass is 304 g/mol. The fraction of sp³-hybridized carbons (Fsp3) is 0.562. The van der Waals surface area contributed by atoms with E-state index >= 15 is 0 Å². The molecule has 0 amide bonds. The number of carbonyl (C=O) groups excluding carboxylic acids is 1. The van der Waals surface area contributed by atoms with Gasteiger partial charge in [0.25, 0.3) is 5.69 Å². The number of rotatable bonds is 2. The second-order valence-electron chi connectivity index (χ2n) is 6.45. The number of hydrogen-bond donors (Lipinski definition) is 0. The molecule has 0 radical (unpaired) electrons. The SMILES string of the molecule is CN(C)C1CCCCC12Cc1ccc([N+](=O)[O-])cc1C(=O)O2. The van der Waals surface area contributed by atoms with Crippen LogP contribution >= 0.6 is 0 Å². The molecule has 6 nitrogen and oxygen atoms in total. The summed E-state index contributed by atoms with van der Waals surface area (Å²) >= 11 is 0. The Morgan fingerprint density at radius 3 is 2.82 bits per heavy atom. The molecule has 22 heavy (non-hydrogen) atoms. The predicted molar refractivity (Wildman–Crippen MR) is 80.9 cm³/mol. The quantitative estimate of drug-likeness (QED) is 0.477. The molecule has 1 aliphatic heterocycles. The van der Waals surface area contributed by atoms with Gasteiger partial charge in [-0.15, -0.1) is 0 Å². The van der Waals surface area contributed by atoms with Gasteiger partial charge >= 0.3 is 5.97 Å². The molecule has 1 aromatic rings. The molecule has 2 unspecified atom stereocenters. The number of ether oxygens (including phenoxy) is 1. The summed E-state index contributed by atoms with van der Waals surface area (Å²) < 4.78 is 5.85. The van der Waals surface area contributed by atoms with Crippen LogP contribution in [0.2, 0.25) is 0 Å². The number of fused-ring (bicyclic) bond motifs is 1. The Bertz CT molecular complexity index is 629. The zero-order chi connectivity index (χ0) is 15.9. The Balaban J connectivity index is 2.00. The van der Waals surface area contributed by atoms with E-state index in [-0.39, 0.29) is 11.7 Å². The number of nitrogens with zero attached hydrogens (tertiary/aromatic N) is 2. The zero-order valence-corrected chi connectivity index (χ0v) is 12.9. The second kappa shape index (κ2) is 5.35. The molecule has 1 saturated carbocycles. The van der Waals surface area contributed by atoms with Crippen LogP contribution in [0.25, 0.3) is 0 Å². The summed E-state index contributed by atoms with van der Waals surface area (Å²) in [7, 11) is 4.02. The second-order valence-corrected chi connectivity index (χ2v) is 6.45. The van der Waals surface area contributed by atoms with Gasteiger partial charge < -0.3 is 9.64 Å². The van der Waals surface area contributed by atoms with Gasteiger partial charge in [0.15, 0.2) is 0 Å². The van der Waals surface area contributed by atoms with Gasteiger partial charge in [0, 0.05) is 24.6 Å². The first kappa shape index (κ1) is 15.0. The lowest BCUT2D eigenvalue weighted by Crippen LogP contribution is -2.57. The van der Waals surface area contributed by atoms with Gasteiger partial charge in [-0.1, -0.05) is 12.5 Å². The van der Waals surface area contributed by atoms with Crippen LogP contribution in [0.15, 0.2) is 18.2 Å². The number of nitro benzene ring substituents is 1. The summed E-state index contributed by atoms with van der Waals surface area (Å²) in [5.74, 6) is -0.432. The third-order valence-electron chi connectivity index (χ3n) is 4.87. The highest BCUT2D eigenvalue weighted by Gasteiger charge is 2.48. The number of carbonyl (C=O) groups is 1. The first-order chi connectivity index (χ1) is 10.4. The third kappa shape index (κ3) is 2.37. The summed E-state index contributed by atoms with van der Waals surface area (Å²) in [6, 6.07) is 4.70. The molecule has 6 heteroatoms. The van der Waals surface area contributed by atoms with Gasteiger partial charge in [-0.2, -0.15) is 0 Å². The lowest BCUT2D eigenvalue weighted by Gasteiger charge is -2.48. The van der Waals surface area contributed by atoms with Crippen LogP contribution in [0.1, 0.15) is 41.6 Å². The van der Waals surface area contributed by atoms with E-state index in [2.05, 4.69) is 4.90 Å². The van der Waals surface area contributed by atoms with Gasteiger partial charge in [0.2, 0.25) is 0 Å². The highest BCUT2D eigenvalue weighted by Crippen LogP contribution is 2.41. The van der Waals surface area contributed by atoms with Crippen LogP contribution in [0.3, 0.4) is 0 Å². The highest BCUT2D eigenvalue weighted by molar-refractivity contribution is 5.93. The van der Waals surface area contributed by atoms with E-state index in [0.717, 1.165) is 31.2 Å². The van der Waals surface area contributed by atoms with E-state index in [1.807, 2.05) is 14.1 Å².